The molecule has 2 aromatic carbocycles. The number of nitrogens with zero attached hydrogens (tertiary/aromatic N) is 2. The Bertz CT molecular complexity index is 1070. The first-order chi connectivity index (χ1) is 14.6. The standard InChI is InChI=1S/C22H28FN3O4S/c1-15-13-17(22(27)30-4)5-8-21(15)31(28,29)24-16(2)19-14-18(23)6-7-20(19)26-11-9-25(3)10-12-26/h5-8,13-14,16,24H,9-12H2,1-4H3. The first-order valence-corrected chi connectivity index (χ1v) is 11.5. The minimum Gasteiger partial charge on any atom is -0.465 e. The Hall–Kier alpha value is -2.49. The number of carbonyl (C=O) groups excluding carboxylic acids is 1. The van der Waals surface area contributed by atoms with Gasteiger partial charge in [-0.2, -0.15) is 0 Å². The molecule has 1 aliphatic heterocycles. The zero-order valence-corrected chi connectivity index (χ0v) is 19.0. The van der Waals surface area contributed by atoms with Crippen LogP contribution in [0, 0.1) is 12.7 Å². The molecule has 9 heteroatoms. The maximum Gasteiger partial charge on any atom is 0.337 e. The molecule has 0 spiro atoms. The predicted molar refractivity (Wildman–Crippen MR) is 117 cm³/mol. The Kier molecular flexibility index (Phi) is 6.98. The van der Waals surface area contributed by atoms with Crippen molar-refractivity contribution in [3.8, 4) is 0 Å². The largest absolute Gasteiger partial charge is 0.465 e. The lowest BCUT2D eigenvalue weighted by atomic mass is 10.0. The summed E-state index contributed by atoms with van der Waals surface area (Å²) in [6.45, 7) is 6.63. The van der Waals surface area contributed by atoms with Gasteiger partial charge in [0.1, 0.15) is 5.82 Å². The number of carbonyl (C=O) groups is 1. The number of esters is 1. The molecule has 168 valence electrons. The number of benzene rings is 2. The summed E-state index contributed by atoms with van der Waals surface area (Å²) >= 11 is 0. The van der Waals surface area contributed by atoms with Crippen molar-refractivity contribution >= 4 is 21.7 Å². The highest BCUT2D eigenvalue weighted by atomic mass is 32.2. The number of halogens is 1. The average Bonchev–Trinajstić information content (AvgIpc) is 2.73. The van der Waals surface area contributed by atoms with Gasteiger partial charge in [-0.15, -0.1) is 0 Å². The molecule has 1 atom stereocenters. The quantitative estimate of drug-likeness (QED) is 0.684. The highest BCUT2D eigenvalue weighted by Gasteiger charge is 2.25. The molecular formula is C22H28FN3O4S. The van der Waals surface area contributed by atoms with Crippen molar-refractivity contribution in [2.24, 2.45) is 0 Å². The Morgan fingerprint density at radius 1 is 1.13 bits per heavy atom. The van der Waals surface area contributed by atoms with Crippen LogP contribution < -0.4 is 9.62 Å². The number of sulfonamides is 1. The van der Waals surface area contributed by atoms with Crippen LogP contribution in [0.4, 0.5) is 10.1 Å². The SMILES string of the molecule is COC(=O)c1ccc(S(=O)(=O)NC(C)c2cc(F)ccc2N2CCN(C)CC2)c(C)c1. The second-order valence-corrected chi connectivity index (χ2v) is 9.49. The summed E-state index contributed by atoms with van der Waals surface area (Å²) in [6.07, 6.45) is 0. The molecule has 1 heterocycles. The van der Waals surface area contributed by atoms with Crippen molar-refractivity contribution in [2.45, 2.75) is 24.8 Å². The second-order valence-electron chi connectivity index (χ2n) is 7.81. The van der Waals surface area contributed by atoms with Gasteiger partial charge in [-0.1, -0.05) is 0 Å². The predicted octanol–water partition coefficient (Wildman–Crippen LogP) is 2.71. The van der Waals surface area contributed by atoms with E-state index in [1.165, 1.54) is 37.4 Å². The van der Waals surface area contributed by atoms with Crippen LogP contribution in [0.2, 0.25) is 0 Å². The molecule has 7 nitrogen and oxygen atoms in total. The van der Waals surface area contributed by atoms with Crippen LogP contribution in [0.25, 0.3) is 0 Å². The zero-order chi connectivity index (χ0) is 22.8. The molecule has 3 rings (SSSR count). The molecule has 1 fully saturated rings. The van der Waals surface area contributed by atoms with E-state index in [0.717, 1.165) is 31.9 Å². The van der Waals surface area contributed by atoms with Gasteiger partial charge in [-0.3, -0.25) is 0 Å². The van der Waals surface area contributed by atoms with Gasteiger partial charge in [-0.25, -0.2) is 22.3 Å². The Morgan fingerprint density at radius 3 is 2.42 bits per heavy atom. The van der Waals surface area contributed by atoms with E-state index in [-0.39, 0.29) is 10.5 Å². The second kappa shape index (κ2) is 9.33. The number of nitrogens with one attached hydrogen (secondary N) is 1. The number of piperazine rings is 1. The Balaban J connectivity index is 1.88. The summed E-state index contributed by atoms with van der Waals surface area (Å²) in [5.41, 5.74) is 2.09. The number of hydrogen-bond acceptors (Lipinski definition) is 6. The number of ether oxygens (including phenoxy) is 1. The van der Waals surface area contributed by atoms with E-state index in [1.54, 1.807) is 19.9 Å². The van der Waals surface area contributed by atoms with Crippen molar-refractivity contribution in [3.05, 3.63) is 58.9 Å². The van der Waals surface area contributed by atoms with E-state index in [0.29, 0.717) is 11.1 Å². The van der Waals surface area contributed by atoms with Crippen LogP contribution in [0.3, 0.4) is 0 Å². The first kappa shape index (κ1) is 23.2. The van der Waals surface area contributed by atoms with E-state index in [4.69, 9.17) is 0 Å². The highest BCUT2D eigenvalue weighted by molar-refractivity contribution is 7.89. The van der Waals surface area contributed by atoms with Crippen LogP contribution in [-0.2, 0) is 14.8 Å². The first-order valence-electron chi connectivity index (χ1n) is 10.1. The summed E-state index contributed by atoms with van der Waals surface area (Å²) in [7, 11) is -0.592. The number of methoxy groups -OCH3 is 1. The van der Waals surface area contributed by atoms with Gasteiger partial charge in [0.2, 0.25) is 10.0 Å². The van der Waals surface area contributed by atoms with E-state index in [9.17, 15) is 17.6 Å². The minimum absolute atomic E-state index is 0.0598. The molecule has 1 saturated heterocycles. The Labute approximate surface area is 182 Å². The molecule has 0 radical (unpaired) electrons. The normalized spacial score (nSPS) is 16.2. The number of likely N-dealkylation sites (N-methyl/N-ethyl adjacent to an activating group) is 1. The molecule has 0 saturated carbocycles. The molecule has 1 N–H and O–H groups in total. The smallest absolute Gasteiger partial charge is 0.337 e. The monoisotopic (exact) mass is 449 g/mol. The summed E-state index contributed by atoms with van der Waals surface area (Å²) in [5.74, 6) is -0.956. The van der Waals surface area contributed by atoms with Crippen LogP contribution in [0.15, 0.2) is 41.3 Å². The van der Waals surface area contributed by atoms with Crippen LogP contribution >= 0.6 is 0 Å². The van der Waals surface area contributed by atoms with Crippen molar-refractivity contribution < 1.29 is 22.3 Å². The zero-order valence-electron chi connectivity index (χ0n) is 18.2. The summed E-state index contributed by atoms with van der Waals surface area (Å²) < 4.78 is 47.5. The third-order valence-electron chi connectivity index (χ3n) is 5.52. The molecule has 2 aromatic rings. The molecule has 0 bridgehead atoms. The number of anilines is 1. The highest BCUT2D eigenvalue weighted by Crippen LogP contribution is 2.30. The van der Waals surface area contributed by atoms with E-state index in [2.05, 4.69) is 19.3 Å². The molecule has 0 aromatic heterocycles. The van der Waals surface area contributed by atoms with Crippen molar-refractivity contribution in [3.63, 3.8) is 0 Å². The summed E-state index contributed by atoms with van der Waals surface area (Å²) in [5, 5.41) is 0. The van der Waals surface area contributed by atoms with Gasteiger partial charge < -0.3 is 14.5 Å². The lowest BCUT2D eigenvalue weighted by molar-refractivity contribution is 0.0600. The number of rotatable bonds is 6. The van der Waals surface area contributed by atoms with Gasteiger partial charge in [0, 0.05) is 37.9 Å². The van der Waals surface area contributed by atoms with Crippen molar-refractivity contribution in [2.75, 3.05) is 45.2 Å². The molecule has 31 heavy (non-hydrogen) atoms. The lowest BCUT2D eigenvalue weighted by Gasteiger charge is -2.36. The van der Waals surface area contributed by atoms with Crippen LogP contribution in [0.5, 0.6) is 0 Å². The maximum atomic E-state index is 14.1. The topological polar surface area (TPSA) is 78.9 Å². The molecule has 1 aliphatic rings. The molecule has 1 unspecified atom stereocenters. The van der Waals surface area contributed by atoms with Crippen LogP contribution in [-0.4, -0.2) is 59.6 Å². The van der Waals surface area contributed by atoms with Gasteiger partial charge >= 0.3 is 5.97 Å². The maximum absolute atomic E-state index is 14.1. The third-order valence-corrected chi connectivity index (χ3v) is 7.22. The van der Waals surface area contributed by atoms with Gasteiger partial charge in [0.15, 0.2) is 0 Å². The summed E-state index contributed by atoms with van der Waals surface area (Å²) in [4.78, 5) is 16.1. The fraction of sp³-hybridized carbons (Fsp3) is 0.409. The summed E-state index contributed by atoms with van der Waals surface area (Å²) in [6, 6.07) is 8.09. The molecule has 0 aliphatic carbocycles. The minimum atomic E-state index is -3.91. The number of aryl methyl sites for hydroxylation is 1. The molecule has 0 amide bonds. The van der Waals surface area contributed by atoms with Crippen molar-refractivity contribution in [1.29, 1.82) is 0 Å². The van der Waals surface area contributed by atoms with E-state index < -0.39 is 27.9 Å². The van der Waals surface area contributed by atoms with Crippen molar-refractivity contribution in [1.82, 2.24) is 9.62 Å². The van der Waals surface area contributed by atoms with Gasteiger partial charge in [0.25, 0.3) is 0 Å². The van der Waals surface area contributed by atoms with E-state index >= 15 is 0 Å². The fourth-order valence-corrected chi connectivity index (χ4v) is 5.21. The van der Waals surface area contributed by atoms with E-state index in [1.807, 2.05) is 7.05 Å². The fourth-order valence-electron chi connectivity index (χ4n) is 3.76. The van der Waals surface area contributed by atoms with Crippen LogP contribution in [0.1, 0.15) is 34.5 Å². The number of hydrogen-bond donors (Lipinski definition) is 1. The Morgan fingerprint density at radius 2 is 1.81 bits per heavy atom. The average molecular weight is 450 g/mol. The van der Waals surface area contributed by atoms with Gasteiger partial charge in [0.05, 0.1) is 17.6 Å². The lowest BCUT2D eigenvalue weighted by Crippen LogP contribution is -2.45. The third kappa shape index (κ3) is 5.23. The van der Waals surface area contributed by atoms with Gasteiger partial charge in [-0.05, 0) is 68.4 Å². The molecular weight excluding hydrogens is 421 g/mol.